The van der Waals surface area contributed by atoms with E-state index < -0.39 is 5.92 Å². The first-order chi connectivity index (χ1) is 14.4. The van der Waals surface area contributed by atoms with Crippen molar-refractivity contribution in [2.24, 2.45) is 5.92 Å². The number of aryl methyl sites for hydroxylation is 1. The van der Waals surface area contributed by atoms with Gasteiger partial charge in [0.25, 0.3) is 0 Å². The van der Waals surface area contributed by atoms with E-state index in [0.717, 1.165) is 16.9 Å². The van der Waals surface area contributed by atoms with Gasteiger partial charge in [0.15, 0.2) is 0 Å². The Labute approximate surface area is 176 Å². The number of amides is 3. The van der Waals surface area contributed by atoms with Gasteiger partial charge in [0.1, 0.15) is 5.75 Å². The normalized spacial score (nSPS) is 15.7. The standard InChI is InChI=1S/C23H27N3O4/c1-3-30-20-10-8-19(9-11-20)25-21(27)13-24-23(29)18-12-22(28)26(15-18)14-17-6-4-16(2)5-7-17/h4-11,18H,3,12-15H2,1-2H3,(H,24,29)(H,25,27). The van der Waals surface area contributed by atoms with Crippen LogP contribution in [0.2, 0.25) is 0 Å². The summed E-state index contributed by atoms with van der Waals surface area (Å²) in [6, 6.07) is 15.0. The first-order valence-electron chi connectivity index (χ1n) is 10.1. The topological polar surface area (TPSA) is 87.7 Å². The fraction of sp³-hybridized carbons (Fsp3) is 0.348. The Morgan fingerprint density at radius 3 is 2.47 bits per heavy atom. The van der Waals surface area contributed by atoms with Gasteiger partial charge in [-0.15, -0.1) is 0 Å². The molecular formula is C23H27N3O4. The predicted octanol–water partition coefficient (Wildman–Crippen LogP) is 2.50. The van der Waals surface area contributed by atoms with E-state index in [9.17, 15) is 14.4 Å². The molecule has 0 radical (unpaired) electrons. The fourth-order valence-electron chi connectivity index (χ4n) is 3.33. The monoisotopic (exact) mass is 409 g/mol. The van der Waals surface area contributed by atoms with Crippen LogP contribution in [0.1, 0.15) is 24.5 Å². The lowest BCUT2D eigenvalue weighted by Gasteiger charge is -2.17. The number of carbonyl (C=O) groups is 3. The molecule has 1 saturated heterocycles. The molecule has 158 valence electrons. The van der Waals surface area contributed by atoms with E-state index >= 15 is 0 Å². The third-order valence-corrected chi connectivity index (χ3v) is 4.95. The molecule has 1 fully saturated rings. The van der Waals surface area contributed by atoms with Crippen molar-refractivity contribution in [3.05, 3.63) is 59.7 Å². The van der Waals surface area contributed by atoms with Crippen molar-refractivity contribution in [3.63, 3.8) is 0 Å². The summed E-state index contributed by atoms with van der Waals surface area (Å²) in [7, 11) is 0. The molecule has 1 unspecified atom stereocenters. The summed E-state index contributed by atoms with van der Waals surface area (Å²) >= 11 is 0. The Kier molecular flexibility index (Phi) is 7.06. The molecule has 7 nitrogen and oxygen atoms in total. The number of hydrogen-bond donors (Lipinski definition) is 2. The van der Waals surface area contributed by atoms with Crippen LogP contribution in [-0.4, -0.2) is 42.3 Å². The number of hydrogen-bond acceptors (Lipinski definition) is 4. The predicted molar refractivity (Wildman–Crippen MR) is 114 cm³/mol. The third kappa shape index (κ3) is 5.83. The molecule has 7 heteroatoms. The van der Waals surface area contributed by atoms with Crippen LogP contribution in [0.15, 0.2) is 48.5 Å². The maximum Gasteiger partial charge on any atom is 0.243 e. The molecular weight excluding hydrogens is 382 g/mol. The minimum Gasteiger partial charge on any atom is -0.494 e. The minimum absolute atomic E-state index is 0.0467. The maximum absolute atomic E-state index is 12.4. The van der Waals surface area contributed by atoms with Crippen LogP contribution in [0.4, 0.5) is 5.69 Å². The quantitative estimate of drug-likeness (QED) is 0.701. The molecule has 2 N–H and O–H groups in total. The van der Waals surface area contributed by atoms with E-state index in [-0.39, 0.29) is 30.7 Å². The van der Waals surface area contributed by atoms with Gasteiger partial charge in [-0.3, -0.25) is 14.4 Å². The van der Waals surface area contributed by atoms with Gasteiger partial charge in [-0.05, 0) is 43.7 Å². The summed E-state index contributed by atoms with van der Waals surface area (Å²) in [4.78, 5) is 38.5. The molecule has 1 heterocycles. The summed E-state index contributed by atoms with van der Waals surface area (Å²) < 4.78 is 5.36. The molecule has 30 heavy (non-hydrogen) atoms. The minimum atomic E-state index is -0.443. The molecule has 1 aliphatic rings. The molecule has 1 atom stereocenters. The fourth-order valence-corrected chi connectivity index (χ4v) is 3.33. The number of nitrogens with one attached hydrogen (secondary N) is 2. The molecule has 0 saturated carbocycles. The van der Waals surface area contributed by atoms with Crippen LogP contribution in [0.25, 0.3) is 0 Å². The Hall–Kier alpha value is -3.35. The molecule has 3 amide bonds. The smallest absolute Gasteiger partial charge is 0.243 e. The summed E-state index contributed by atoms with van der Waals surface area (Å²) in [5.41, 5.74) is 2.81. The molecule has 0 aliphatic carbocycles. The van der Waals surface area contributed by atoms with E-state index in [1.54, 1.807) is 29.2 Å². The van der Waals surface area contributed by atoms with Crippen LogP contribution in [0.3, 0.4) is 0 Å². The Bertz CT molecular complexity index is 894. The molecule has 2 aromatic rings. The van der Waals surface area contributed by atoms with E-state index in [2.05, 4.69) is 10.6 Å². The van der Waals surface area contributed by atoms with Crippen LogP contribution >= 0.6 is 0 Å². The zero-order chi connectivity index (χ0) is 21.5. The van der Waals surface area contributed by atoms with Gasteiger partial charge in [-0.1, -0.05) is 29.8 Å². The van der Waals surface area contributed by atoms with E-state index in [1.165, 1.54) is 0 Å². The van der Waals surface area contributed by atoms with Crippen molar-refractivity contribution in [1.29, 1.82) is 0 Å². The van der Waals surface area contributed by atoms with Crippen molar-refractivity contribution in [2.45, 2.75) is 26.8 Å². The lowest BCUT2D eigenvalue weighted by atomic mass is 10.1. The number of nitrogens with zero attached hydrogens (tertiary/aromatic N) is 1. The number of rotatable bonds is 8. The van der Waals surface area contributed by atoms with Crippen molar-refractivity contribution in [3.8, 4) is 5.75 Å². The summed E-state index contributed by atoms with van der Waals surface area (Å²) in [5, 5.41) is 5.36. The lowest BCUT2D eigenvalue weighted by Crippen LogP contribution is -2.37. The highest BCUT2D eigenvalue weighted by molar-refractivity contribution is 5.96. The number of anilines is 1. The third-order valence-electron chi connectivity index (χ3n) is 4.95. The second-order valence-electron chi connectivity index (χ2n) is 7.38. The molecule has 3 rings (SSSR count). The zero-order valence-electron chi connectivity index (χ0n) is 17.3. The van der Waals surface area contributed by atoms with Crippen LogP contribution < -0.4 is 15.4 Å². The highest BCUT2D eigenvalue weighted by Gasteiger charge is 2.34. The van der Waals surface area contributed by atoms with E-state index in [0.29, 0.717) is 25.4 Å². The van der Waals surface area contributed by atoms with Crippen LogP contribution in [0, 0.1) is 12.8 Å². The Morgan fingerprint density at radius 1 is 1.10 bits per heavy atom. The number of likely N-dealkylation sites (tertiary alicyclic amines) is 1. The van der Waals surface area contributed by atoms with Gasteiger partial charge in [-0.2, -0.15) is 0 Å². The SMILES string of the molecule is CCOc1ccc(NC(=O)CNC(=O)C2CC(=O)N(Cc3ccc(C)cc3)C2)cc1. The highest BCUT2D eigenvalue weighted by atomic mass is 16.5. The first-order valence-corrected chi connectivity index (χ1v) is 10.1. The van der Waals surface area contributed by atoms with Gasteiger partial charge in [-0.25, -0.2) is 0 Å². The molecule has 1 aliphatic heterocycles. The second kappa shape index (κ2) is 9.91. The largest absolute Gasteiger partial charge is 0.494 e. The van der Waals surface area contributed by atoms with Gasteiger partial charge in [0, 0.05) is 25.2 Å². The Balaban J connectivity index is 1.44. The maximum atomic E-state index is 12.4. The van der Waals surface area contributed by atoms with Crippen molar-refractivity contribution >= 4 is 23.4 Å². The molecule has 2 aromatic carbocycles. The van der Waals surface area contributed by atoms with Crippen LogP contribution in [0.5, 0.6) is 5.75 Å². The van der Waals surface area contributed by atoms with Crippen LogP contribution in [-0.2, 0) is 20.9 Å². The van der Waals surface area contributed by atoms with Crippen molar-refractivity contribution in [1.82, 2.24) is 10.2 Å². The van der Waals surface area contributed by atoms with E-state index in [4.69, 9.17) is 4.74 Å². The summed E-state index contributed by atoms with van der Waals surface area (Å²) in [6.07, 6.45) is 0.165. The summed E-state index contributed by atoms with van der Waals surface area (Å²) in [5.74, 6) is -0.370. The van der Waals surface area contributed by atoms with Gasteiger partial charge in [0.2, 0.25) is 17.7 Å². The lowest BCUT2D eigenvalue weighted by molar-refractivity contribution is -0.129. The average molecular weight is 409 g/mol. The van der Waals surface area contributed by atoms with Crippen molar-refractivity contribution in [2.75, 3.05) is 25.0 Å². The number of carbonyl (C=O) groups excluding carboxylic acids is 3. The highest BCUT2D eigenvalue weighted by Crippen LogP contribution is 2.21. The van der Waals surface area contributed by atoms with Gasteiger partial charge >= 0.3 is 0 Å². The molecule has 0 spiro atoms. The van der Waals surface area contributed by atoms with Gasteiger partial charge in [0.05, 0.1) is 19.1 Å². The summed E-state index contributed by atoms with van der Waals surface area (Å²) in [6.45, 7) is 5.19. The molecule has 0 aromatic heterocycles. The van der Waals surface area contributed by atoms with Crippen molar-refractivity contribution < 1.29 is 19.1 Å². The average Bonchev–Trinajstić information content (AvgIpc) is 3.10. The molecule has 0 bridgehead atoms. The first kappa shape index (κ1) is 21.4. The second-order valence-corrected chi connectivity index (χ2v) is 7.38. The van der Waals surface area contributed by atoms with Gasteiger partial charge < -0.3 is 20.3 Å². The van der Waals surface area contributed by atoms with E-state index in [1.807, 2.05) is 38.1 Å². The zero-order valence-corrected chi connectivity index (χ0v) is 17.3. The number of ether oxygens (including phenoxy) is 1. The Morgan fingerprint density at radius 2 is 1.80 bits per heavy atom. The number of benzene rings is 2.